The number of hydrogen-bond acceptors (Lipinski definition) is 1. The third-order valence-corrected chi connectivity index (χ3v) is 3.27. The molecule has 0 bridgehead atoms. The summed E-state index contributed by atoms with van der Waals surface area (Å²) in [7, 11) is 0. The molecule has 1 aliphatic heterocycles. The SMILES string of the molecule is CCN1CCCc2c(C)ccc(C)c21. The van der Waals surface area contributed by atoms with Crippen molar-refractivity contribution in [2.75, 3.05) is 18.0 Å². The summed E-state index contributed by atoms with van der Waals surface area (Å²) in [6.45, 7) is 9.08. The van der Waals surface area contributed by atoms with Gasteiger partial charge in [0, 0.05) is 18.8 Å². The van der Waals surface area contributed by atoms with Gasteiger partial charge in [-0.25, -0.2) is 0 Å². The third-order valence-electron chi connectivity index (χ3n) is 3.27. The van der Waals surface area contributed by atoms with Gasteiger partial charge in [0.05, 0.1) is 0 Å². The van der Waals surface area contributed by atoms with Gasteiger partial charge >= 0.3 is 0 Å². The van der Waals surface area contributed by atoms with Crippen LogP contribution in [0.3, 0.4) is 0 Å². The predicted octanol–water partition coefficient (Wildman–Crippen LogP) is 3.08. The summed E-state index contributed by atoms with van der Waals surface area (Å²) in [5.41, 5.74) is 5.99. The number of benzene rings is 1. The molecule has 0 fully saturated rings. The Morgan fingerprint density at radius 2 is 1.93 bits per heavy atom. The van der Waals surface area contributed by atoms with Gasteiger partial charge in [0.25, 0.3) is 0 Å². The molecule has 1 heteroatoms. The quantitative estimate of drug-likeness (QED) is 0.656. The second-order valence-electron chi connectivity index (χ2n) is 4.21. The summed E-state index contributed by atoms with van der Waals surface area (Å²) in [5, 5.41) is 0. The van der Waals surface area contributed by atoms with Crippen LogP contribution in [-0.4, -0.2) is 13.1 Å². The van der Waals surface area contributed by atoms with Crippen LogP contribution in [-0.2, 0) is 6.42 Å². The van der Waals surface area contributed by atoms with E-state index in [9.17, 15) is 0 Å². The van der Waals surface area contributed by atoms with Gasteiger partial charge in [-0.05, 0) is 50.3 Å². The highest BCUT2D eigenvalue weighted by Crippen LogP contribution is 2.32. The summed E-state index contributed by atoms with van der Waals surface area (Å²) >= 11 is 0. The molecule has 0 unspecified atom stereocenters. The lowest BCUT2D eigenvalue weighted by atomic mass is 9.94. The lowest BCUT2D eigenvalue weighted by molar-refractivity contribution is 0.702. The minimum atomic E-state index is 1.14. The van der Waals surface area contributed by atoms with E-state index in [1.54, 1.807) is 5.56 Å². The van der Waals surface area contributed by atoms with Crippen LogP contribution in [0.25, 0.3) is 0 Å². The van der Waals surface area contributed by atoms with Crippen LogP contribution in [0.5, 0.6) is 0 Å². The van der Waals surface area contributed by atoms with E-state index in [1.807, 2.05) is 0 Å². The molecule has 76 valence electrons. The smallest absolute Gasteiger partial charge is 0.0431 e. The molecule has 2 rings (SSSR count). The zero-order valence-corrected chi connectivity index (χ0v) is 9.43. The van der Waals surface area contributed by atoms with E-state index >= 15 is 0 Å². The second kappa shape index (κ2) is 3.64. The number of fused-ring (bicyclic) bond motifs is 1. The maximum atomic E-state index is 2.52. The van der Waals surface area contributed by atoms with E-state index < -0.39 is 0 Å². The fraction of sp³-hybridized carbons (Fsp3) is 0.538. The van der Waals surface area contributed by atoms with Crippen LogP contribution in [0.4, 0.5) is 5.69 Å². The van der Waals surface area contributed by atoms with Gasteiger partial charge in [-0.1, -0.05) is 12.1 Å². The highest BCUT2D eigenvalue weighted by molar-refractivity contribution is 5.63. The Morgan fingerprint density at radius 1 is 1.21 bits per heavy atom. The van der Waals surface area contributed by atoms with E-state index in [0.717, 1.165) is 6.54 Å². The van der Waals surface area contributed by atoms with Crippen LogP contribution in [0.15, 0.2) is 12.1 Å². The summed E-state index contributed by atoms with van der Waals surface area (Å²) in [4.78, 5) is 2.52. The van der Waals surface area contributed by atoms with Crippen molar-refractivity contribution < 1.29 is 0 Å². The van der Waals surface area contributed by atoms with E-state index in [0.29, 0.717) is 0 Å². The molecule has 0 radical (unpaired) electrons. The molecule has 0 saturated carbocycles. The number of anilines is 1. The van der Waals surface area contributed by atoms with E-state index in [2.05, 4.69) is 37.8 Å². The van der Waals surface area contributed by atoms with Gasteiger partial charge < -0.3 is 4.90 Å². The molecule has 1 heterocycles. The van der Waals surface area contributed by atoms with Crippen molar-refractivity contribution in [3.05, 3.63) is 28.8 Å². The first kappa shape index (κ1) is 9.57. The molecule has 0 aliphatic carbocycles. The Hall–Kier alpha value is -0.980. The molecule has 0 spiro atoms. The van der Waals surface area contributed by atoms with Gasteiger partial charge in [0.2, 0.25) is 0 Å². The fourth-order valence-corrected chi connectivity index (χ4v) is 2.48. The molecule has 0 saturated heterocycles. The van der Waals surface area contributed by atoms with Crippen molar-refractivity contribution in [3.63, 3.8) is 0 Å². The Balaban J connectivity index is 2.55. The van der Waals surface area contributed by atoms with Crippen LogP contribution in [0, 0.1) is 13.8 Å². The summed E-state index contributed by atoms with van der Waals surface area (Å²) < 4.78 is 0. The lowest BCUT2D eigenvalue weighted by Gasteiger charge is -2.32. The zero-order chi connectivity index (χ0) is 10.1. The first-order valence-corrected chi connectivity index (χ1v) is 5.58. The van der Waals surface area contributed by atoms with Crippen molar-refractivity contribution in [1.29, 1.82) is 0 Å². The van der Waals surface area contributed by atoms with Gasteiger partial charge in [0.15, 0.2) is 0 Å². The van der Waals surface area contributed by atoms with Gasteiger partial charge in [0.1, 0.15) is 0 Å². The molecular weight excluding hydrogens is 170 g/mol. The average molecular weight is 189 g/mol. The molecule has 0 atom stereocenters. The predicted molar refractivity (Wildman–Crippen MR) is 62.1 cm³/mol. The van der Waals surface area contributed by atoms with Crippen molar-refractivity contribution in [2.24, 2.45) is 0 Å². The average Bonchev–Trinajstić information content (AvgIpc) is 2.23. The number of aryl methyl sites for hydroxylation is 2. The van der Waals surface area contributed by atoms with Crippen molar-refractivity contribution in [1.82, 2.24) is 0 Å². The molecule has 0 amide bonds. The van der Waals surface area contributed by atoms with Crippen LogP contribution < -0.4 is 4.90 Å². The molecule has 1 aromatic rings. The molecule has 1 aromatic carbocycles. The third kappa shape index (κ3) is 1.41. The normalized spacial score (nSPS) is 15.5. The topological polar surface area (TPSA) is 3.24 Å². The number of rotatable bonds is 1. The van der Waals surface area contributed by atoms with Gasteiger partial charge in [-0.15, -0.1) is 0 Å². The second-order valence-corrected chi connectivity index (χ2v) is 4.21. The van der Waals surface area contributed by atoms with Crippen LogP contribution in [0.1, 0.15) is 30.0 Å². The summed E-state index contributed by atoms with van der Waals surface area (Å²) in [6.07, 6.45) is 2.57. The highest BCUT2D eigenvalue weighted by atomic mass is 15.1. The highest BCUT2D eigenvalue weighted by Gasteiger charge is 2.18. The Morgan fingerprint density at radius 3 is 2.64 bits per heavy atom. The monoisotopic (exact) mass is 189 g/mol. The van der Waals surface area contributed by atoms with E-state index in [-0.39, 0.29) is 0 Å². The molecule has 14 heavy (non-hydrogen) atoms. The first-order valence-electron chi connectivity index (χ1n) is 5.58. The van der Waals surface area contributed by atoms with Gasteiger partial charge in [-0.3, -0.25) is 0 Å². The Labute approximate surface area is 86.7 Å². The maximum absolute atomic E-state index is 2.52. The minimum absolute atomic E-state index is 1.14. The fourth-order valence-electron chi connectivity index (χ4n) is 2.48. The minimum Gasteiger partial charge on any atom is -0.371 e. The van der Waals surface area contributed by atoms with Crippen LogP contribution >= 0.6 is 0 Å². The van der Waals surface area contributed by atoms with Crippen molar-refractivity contribution in [3.8, 4) is 0 Å². The Bertz CT molecular complexity index is 341. The summed E-state index contributed by atoms with van der Waals surface area (Å²) in [6, 6.07) is 4.51. The lowest BCUT2D eigenvalue weighted by Crippen LogP contribution is -2.30. The molecular formula is C13H19N. The molecule has 1 nitrogen and oxygen atoms in total. The molecule has 0 aromatic heterocycles. The largest absolute Gasteiger partial charge is 0.371 e. The van der Waals surface area contributed by atoms with Crippen LogP contribution in [0.2, 0.25) is 0 Å². The standard InChI is InChI=1S/C13H19N/c1-4-14-9-5-6-12-10(2)7-8-11(3)13(12)14/h7-8H,4-6,9H2,1-3H3. The van der Waals surface area contributed by atoms with Crippen molar-refractivity contribution >= 4 is 5.69 Å². The number of nitrogens with zero attached hydrogens (tertiary/aromatic N) is 1. The van der Waals surface area contributed by atoms with E-state index in [4.69, 9.17) is 0 Å². The molecule has 0 N–H and O–H groups in total. The van der Waals surface area contributed by atoms with Gasteiger partial charge in [-0.2, -0.15) is 0 Å². The maximum Gasteiger partial charge on any atom is 0.0431 e. The Kier molecular flexibility index (Phi) is 2.49. The van der Waals surface area contributed by atoms with Crippen molar-refractivity contribution in [2.45, 2.75) is 33.6 Å². The first-order chi connectivity index (χ1) is 6.74. The molecule has 1 aliphatic rings. The summed E-state index contributed by atoms with van der Waals surface area (Å²) in [5.74, 6) is 0. The van der Waals surface area contributed by atoms with E-state index in [1.165, 1.54) is 36.2 Å². The zero-order valence-electron chi connectivity index (χ0n) is 9.43. The number of hydrogen-bond donors (Lipinski definition) is 0.